The molecule has 0 aliphatic rings. The van der Waals surface area contributed by atoms with E-state index in [0.717, 1.165) is 0 Å². The van der Waals surface area contributed by atoms with Crippen molar-refractivity contribution in [3.05, 3.63) is 20.9 Å². The third kappa shape index (κ3) is 1.62. The highest BCUT2D eigenvalue weighted by Gasteiger charge is 2.07. The van der Waals surface area contributed by atoms with Crippen LogP contribution in [0.15, 0.2) is 0 Å². The summed E-state index contributed by atoms with van der Waals surface area (Å²) in [5.74, 6) is 0. The lowest BCUT2D eigenvalue weighted by Crippen LogP contribution is -1.89. The number of halogens is 1. The summed E-state index contributed by atoms with van der Waals surface area (Å²) in [6.45, 7) is 5.99. The van der Waals surface area contributed by atoms with Crippen LogP contribution >= 0.6 is 11.3 Å². The van der Waals surface area contributed by atoms with Crippen molar-refractivity contribution < 1.29 is 4.39 Å². The average Bonchev–Trinajstić information content (AvgIpc) is 2.17. The van der Waals surface area contributed by atoms with E-state index in [1.54, 1.807) is 11.3 Å². The van der Waals surface area contributed by atoms with Crippen molar-refractivity contribution in [2.75, 3.05) is 6.67 Å². The summed E-state index contributed by atoms with van der Waals surface area (Å²) in [5.41, 5.74) is 2.50. The highest BCUT2D eigenvalue weighted by atomic mass is 32.1. The molecule has 0 atom stereocenters. The van der Waals surface area contributed by atoms with Crippen LogP contribution in [0.5, 0.6) is 0 Å². The number of rotatable bonds is 2. The van der Waals surface area contributed by atoms with Gasteiger partial charge >= 0.3 is 0 Å². The van der Waals surface area contributed by atoms with E-state index in [2.05, 4.69) is 20.8 Å². The van der Waals surface area contributed by atoms with Crippen molar-refractivity contribution in [1.29, 1.82) is 0 Å². The molecule has 0 nitrogen and oxygen atoms in total. The fraction of sp³-hybridized carbons (Fsp3) is 0.556. The van der Waals surface area contributed by atoms with Crippen molar-refractivity contribution in [3.8, 4) is 0 Å². The zero-order chi connectivity index (χ0) is 8.43. The van der Waals surface area contributed by atoms with Gasteiger partial charge in [0, 0.05) is 16.2 Å². The van der Waals surface area contributed by atoms with Gasteiger partial charge in [-0.25, -0.2) is 0 Å². The molecule has 1 heterocycles. The number of hydrogen-bond donors (Lipinski definition) is 0. The first-order valence-corrected chi connectivity index (χ1v) is 4.60. The average molecular weight is 172 g/mol. The Morgan fingerprint density at radius 2 is 1.82 bits per heavy atom. The van der Waals surface area contributed by atoms with E-state index in [1.807, 2.05) is 0 Å². The number of aryl methyl sites for hydroxylation is 2. The Kier molecular flexibility index (Phi) is 2.66. The Morgan fingerprint density at radius 3 is 2.18 bits per heavy atom. The molecule has 0 spiro atoms. The summed E-state index contributed by atoms with van der Waals surface area (Å²) in [4.78, 5) is 2.60. The van der Waals surface area contributed by atoms with Gasteiger partial charge in [-0.3, -0.25) is 4.39 Å². The predicted molar refractivity (Wildman–Crippen MR) is 48.2 cm³/mol. The largest absolute Gasteiger partial charge is 0.251 e. The zero-order valence-electron chi connectivity index (χ0n) is 7.20. The molecule has 0 unspecified atom stereocenters. The second-order valence-corrected chi connectivity index (χ2v) is 4.19. The molecular formula is C9H13FS. The molecule has 0 radical (unpaired) electrons. The van der Waals surface area contributed by atoms with Gasteiger partial charge in [-0.1, -0.05) is 0 Å². The van der Waals surface area contributed by atoms with E-state index in [4.69, 9.17) is 0 Å². The molecule has 0 aliphatic heterocycles. The Balaban J connectivity index is 3.02. The van der Waals surface area contributed by atoms with Crippen LogP contribution in [0.3, 0.4) is 0 Å². The second-order valence-electron chi connectivity index (χ2n) is 2.76. The molecule has 0 bridgehead atoms. The van der Waals surface area contributed by atoms with E-state index in [0.29, 0.717) is 6.42 Å². The topological polar surface area (TPSA) is 0 Å². The van der Waals surface area contributed by atoms with Gasteiger partial charge in [0.2, 0.25) is 0 Å². The minimum absolute atomic E-state index is 0.238. The Hall–Kier alpha value is -0.370. The lowest BCUT2D eigenvalue weighted by Gasteiger charge is -1.96. The highest BCUT2D eigenvalue weighted by molar-refractivity contribution is 7.12. The quantitative estimate of drug-likeness (QED) is 0.642. The maximum atomic E-state index is 12.1. The van der Waals surface area contributed by atoms with E-state index in [-0.39, 0.29) is 6.67 Å². The minimum atomic E-state index is -0.238. The van der Waals surface area contributed by atoms with Gasteiger partial charge in [-0.05, 0) is 31.9 Å². The molecule has 62 valence electrons. The molecule has 0 aromatic carbocycles. The van der Waals surface area contributed by atoms with Crippen molar-refractivity contribution >= 4 is 11.3 Å². The number of alkyl halides is 1. The molecule has 1 aromatic rings. The highest BCUT2D eigenvalue weighted by Crippen LogP contribution is 2.26. The predicted octanol–water partition coefficient (Wildman–Crippen LogP) is 3.19. The molecule has 1 aromatic heterocycles. The van der Waals surface area contributed by atoms with Gasteiger partial charge in [0.15, 0.2) is 0 Å². The lowest BCUT2D eigenvalue weighted by molar-refractivity contribution is 0.494. The first-order chi connectivity index (χ1) is 5.16. The SMILES string of the molecule is Cc1sc(C)c(CCF)c1C. The summed E-state index contributed by atoms with van der Waals surface area (Å²) in [5, 5.41) is 0. The van der Waals surface area contributed by atoms with Gasteiger partial charge in [-0.2, -0.15) is 0 Å². The van der Waals surface area contributed by atoms with Crippen LogP contribution < -0.4 is 0 Å². The van der Waals surface area contributed by atoms with Gasteiger partial charge in [0.25, 0.3) is 0 Å². The Bertz CT molecular complexity index is 250. The fourth-order valence-corrected chi connectivity index (χ4v) is 2.42. The first kappa shape index (κ1) is 8.72. The smallest absolute Gasteiger partial charge is 0.0935 e. The Morgan fingerprint density at radius 1 is 1.18 bits per heavy atom. The van der Waals surface area contributed by atoms with E-state index < -0.39 is 0 Å². The van der Waals surface area contributed by atoms with Gasteiger partial charge in [0.1, 0.15) is 0 Å². The summed E-state index contributed by atoms with van der Waals surface area (Å²) >= 11 is 1.77. The summed E-state index contributed by atoms with van der Waals surface area (Å²) in [6.07, 6.45) is 0.585. The molecule has 2 heteroatoms. The number of thiophene rings is 1. The van der Waals surface area contributed by atoms with Crippen LogP contribution in [0.2, 0.25) is 0 Å². The molecule has 0 aliphatic carbocycles. The summed E-state index contributed by atoms with van der Waals surface area (Å²) in [7, 11) is 0. The van der Waals surface area contributed by atoms with Crippen molar-refractivity contribution in [2.24, 2.45) is 0 Å². The summed E-state index contributed by atoms with van der Waals surface area (Å²) in [6, 6.07) is 0. The van der Waals surface area contributed by atoms with Crippen LogP contribution in [0.1, 0.15) is 20.9 Å². The van der Waals surface area contributed by atoms with E-state index >= 15 is 0 Å². The third-order valence-corrected chi connectivity index (χ3v) is 3.22. The normalized spacial score (nSPS) is 10.5. The van der Waals surface area contributed by atoms with Crippen LogP contribution in [-0.2, 0) is 6.42 Å². The number of hydrogen-bond acceptors (Lipinski definition) is 1. The summed E-state index contributed by atoms with van der Waals surface area (Å²) < 4.78 is 12.1. The van der Waals surface area contributed by atoms with E-state index in [1.165, 1.54) is 20.9 Å². The van der Waals surface area contributed by atoms with Crippen molar-refractivity contribution in [2.45, 2.75) is 27.2 Å². The van der Waals surface area contributed by atoms with Crippen molar-refractivity contribution in [1.82, 2.24) is 0 Å². The maximum absolute atomic E-state index is 12.1. The third-order valence-electron chi connectivity index (χ3n) is 2.06. The molecule has 0 amide bonds. The van der Waals surface area contributed by atoms with Crippen molar-refractivity contribution in [3.63, 3.8) is 0 Å². The molecule has 1 rings (SSSR count). The molecule has 0 saturated heterocycles. The van der Waals surface area contributed by atoms with Crippen LogP contribution in [0, 0.1) is 20.8 Å². The fourth-order valence-electron chi connectivity index (χ4n) is 1.30. The molecule has 0 fully saturated rings. The van der Waals surface area contributed by atoms with Gasteiger partial charge in [0.05, 0.1) is 6.67 Å². The lowest BCUT2D eigenvalue weighted by atomic mass is 10.1. The molecule has 0 N–H and O–H groups in total. The van der Waals surface area contributed by atoms with Crippen LogP contribution in [0.25, 0.3) is 0 Å². The monoisotopic (exact) mass is 172 g/mol. The first-order valence-electron chi connectivity index (χ1n) is 3.78. The molecule has 0 saturated carbocycles. The standard InChI is InChI=1S/C9H13FS/c1-6-7(2)11-8(3)9(6)4-5-10/h4-5H2,1-3H3. The van der Waals surface area contributed by atoms with Gasteiger partial charge in [-0.15, -0.1) is 11.3 Å². The second kappa shape index (κ2) is 3.35. The minimum Gasteiger partial charge on any atom is -0.251 e. The van der Waals surface area contributed by atoms with Gasteiger partial charge < -0.3 is 0 Å². The zero-order valence-corrected chi connectivity index (χ0v) is 8.02. The Labute approximate surface area is 71.1 Å². The molecule has 11 heavy (non-hydrogen) atoms. The maximum Gasteiger partial charge on any atom is 0.0935 e. The molecular weight excluding hydrogens is 159 g/mol. The van der Waals surface area contributed by atoms with Crippen LogP contribution in [-0.4, -0.2) is 6.67 Å². The van der Waals surface area contributed by atoms with Crippen LogP contribution in [0.4, 0.5) is 4.39 Å². The van der Waals surface area contributed by atoms with E-state index in [9.17, 15) is 4.39 Å².